The van der Waals surface area contributed by atoms with Crippen molar-refractivity contribution in [3.8, 4) is 0 Å². The molecule has 10 heteroatoms. The van der Waals surface area contributed by atoms with E-state index in [1.807, 2.05) is 4.57 Å². The monoisotopic (exact) mass is 490 g/mol. The Labute approximate surface area is 190 Å². The largest absolute Gasteiger partial charge is 0.336 e. The third-order valence-electron chi connectivity index (χ3n) is 3.81. The predicted octanol–water partition coefficient (Wildman–Crippen LogP) is 7.44. The summed E-state index contributed by atoms with van der Waals surface area (Å²) in [4.78, 5) is 16.5. The fourth-order valence-electron chi connectivity index (χ4n) is 2.50. The molecule has 0 saturated heterocycles. The summed E-state index contributed by atoms with van der Waals surface area (Å²) in [6.07, 6.45) is 5.08. The molecule has 1 heterocycles. The number of nitrogens with zero attached hydrogens (tertiary/aromatic N) is 2. The molecule has 0 N–H and O–H groups in total. The maximum Gasteiger partial charge on any atom is 0.273 e. The van der Waals surface area contributed by atoms with Crippen molar-refractivity contribution in [2.24, 2.45) is 0 Å². The lowest BCUT2D eigenvalue weighted by Gasteiger charge is -2.19. The van der Waals surface area contributed by atoms with Crippen LogP contribution in [0.1, 0.15) is 16.4 Å². The highest BCUT2D eigenvalue weighted by Crippen LogP contribution is 2.43. The van der Waals surface area contributed by atoms with Gasteiger partial charge in [0.15, 0.2) is 0 Å². The van der Waals surface area contributed by atoms with Crippen molar-refractivity contribution in [3.63, 3.8) is 0 Å². The number of rotatable bonds is 7. The molecule has 3 aromatic rings. The average molecular weight is 492 g/mol. The highest BCUT2D eigenvalue weighted by atomic mass is 35.5. The van der Waals surface area contributed by atoms with Crippen molar-refractivity contribution in [2.45, 2.75) is 18.4 Å². The molecular formula is C19H14Cl3FN2O2S2. The second kappa shape index (κ2) is 10.7. The topological polar surface area (TPSA) is 44.1 Å². The minimum atomic E-state index is -0.379. The highest BCUT2D eigenvalue weighted by molar-refractivity contribution is 8.36. The molecule has 3 rings (SSSR count). The zero-order chi connectivity index (χ0) is 20.8. The Morgan fingerprint density at radius 3 is 2.48 bits per heavy atom. The quantitative estimate of drug-likeness (QED) is 0.321. The molecule has 0 aliphatic heterocycles. The van der Waals surface area contributed by atoms with E-state index in [2.05, 4.69) is 4.98 Å². The van der Waals surface area contributed by atoms with Gasteiger partial charge in [-0.15, -0.1) is 0 Å². The molecule has 0 aliphatic rings. The zero-order valence-corrected chi connectivity index (χ0v) is 18.6. The van der Waals surface area contributed by atoms with Crippen LogP contribution >= 0.6 is 58.6 Å². The molecule has 152 valence electrons. The summed E-state index contributed by atoms with van der Waals surface area (Å²) >= 11 is 20.5. The summed E-state index contributed by atoms with van der Waals surface area (Å²) in [6, 6.07) is 9.06. The van der Waals surface area contributed by atoms with Crippen molar-refractivity contribution < 1.29 is 13.4 Å². The number of halogens is 4. The van der Waals surface area contributed by atoms with Crippen LogP contribution in [-0.4, -0.2) is 14.0 Å². The normalized spacial score (nSPS) is 12.1. The van der Waals surface area contributed by atoms with Crippen molar-refractivity contribution in [1.82, 2.24) is 9.55 Å². The van der Waals surface area contributed by atoms with E-state index in [4.69, 9.17) is 39.0 Å². The number of aromatic nitrogens is 2. The zero-order valence-electron chi connectivity index (χ0n) is 14.7. The van der Waals surface area contributed by atoms with Crippen molar-refractivity contribution in [3.05, 3.63) is 87.1 Å². The molecule has 29 heavy (non-hydrogen) atoms. The first-order valence-electron chi connectivity index (χ1n) is 8.27. The van der Waals surface area contributed by atoms with Gasteiger partial charge >= 0.3 is 0 Å². The first kappa shape index (κ1) is 22.5. The summed E-state index contributed by atoms with van der Waals surface area (Å²) in [6.45, 7) is 0.599. The van der Waals surface area contributed by atoms with E-state index in [0.717, 1.165) is 29.4 Å². The third-order valence-corrected chi connectivity index (χ3v) is 6.38. The maximum absolute atomic E-state index is 12.9. The number of hydrogen-bond donors (Lipinski definition) is 0. The number of hydrogen-bond acceptors (Lipinski definition) is 5. The van der Waals surface area contributed by atoms with E-state index >= 15 is 0 Å². The van der Waals surface area contributed by atoms with Gasteiger partial charge in [0.25, 0.3) is 4.45 Å². The maximum atomic E-state index is 12.9. The second-order valence-corrected chi connectivity index (χ2v) is 9.33. The molecule has 0 radical (unpaired) electrons. The van der Waals surface area contributed by atoms with Crippen LogP contribution in [0.2, 0.25) is 15.1 Å². The predicted molar refractivity (Wildman–Crippen MR) is 118 cm³/mol. The van der Waals surface area contributed by atoms with E-state index in [-0.39, 0.29) is 22.1 Å². The van der Waals surface area contributed by atoms with Gasteiger partial charge in [0.1, 0.15) is 5.82 Å². The fraction of sp³-hybridized carbons (Fsp3) is 0.158. The Balaban J connectivity index is 1.68. The van der Waals surface area contributed by atoms with E-state index in [0.29, 0.717) is 27.2 Å². The number of benzene rings is 2. The van der Waals surface area contributed by atoms with Crippen molar-refractivity contribution >= 4 is 63.1 Å². The van der Waals surface area contributed by atoms with Crippen LogP contribution in [0.3, 0.4) is 0 Å². The standard InChI is InChI=1S/C19H14Cl3FN2O2S2/c20-13-7-15(21)18(16(22)8-13)17(9-25-6-5-24-11-25)28-19(26)29-27-10-12-1-3-14(23)4-2-12/h1-8,11,17H,9-10H2. The van der Waals surface area contributed by atoms with Gasteiger partial charge in [-0.2, -0.15) is 0 Å². The van der Waals surface area contributed by atoms with Gasteiger partial charge in [0.05, 0.1) is 30.2 Å². The third kappa shape index (κ3) is 6.64. The summed E-state index contributed by atoms with van der Waals surface area (Å²) in [5.74, 6) is -0.327. The first-order valence-corrected chi connectivity index (χ1v) is 11.0. The Morgan fingerprint density at radius 2 is 1.86 bits per heavy atom. The minimum Gasteiger partial charge on any atom is -0.336 e. The fourth-order valence-corrected chi connectivity index (χ4v) is 5.50. The van der Waals surface area contributed by atoms with Gasteiger partial charge in [0.2, 0.25) is 0 Å². The Bertz CT molecular complexity index is 949. The SMILES string of the molecule is O=C(SOCc1ccc(F)cc1)SC(Cn1ccnc1)c1c(Cl)cc(Cl)cc1Cl. The van der Waals surface area contributed by atoms with Crippen LogP contribution in [0, 0.1) is 5.82 Å². The summed E-state index contributed by atoms with van der Waals surface area (Å²) < 4.78 is 19.9. The van der Waals surface area contributed by atoms with E-state index in [1.54, 1.807) is 43.0 Å². The van der Waals surface area contributed by atoms with Crippen molar-refractivity contribution in [1.29, 1.82) is 0 Å². The molecule has 0 amide bonds. The lowest BCUT2D eigenvalue weighted by Crippen LogP contribution is -2.08. The molecule has 4 nitrogen and oxygen atoms in total. The number of thioether (sulfide) groups is 1. The highest BCUT2D eigenvalue weighted by Gasteiger charge is 2.24. The molecule has 0 spiro atoms. The van der Waals surface area contributed by atoms with Gasteiger partial charge in [-0.3, -0.25) is 4.79 Å². The van der Waals surface area contributed by atoms with Crippen LogP contribution in [0.25, 0.3) is 0 Å². The number of carbonyl (C=O) groups excluding carboxylic acids is 1. The Morgan fingerprint density at radius 1 is 1.17 bits per heavy atom. The van der Waals surface area contributed by atoms with Crippen LogP contribution < -0.4 is 0 Å². The van der Waals surface area contributed by atoms with Gasteiger partial charge in [-0.25, -0.2) is 9.37 Å². The molecule has 0 saturated carbocycles. The Kier molecular flexibility index (Phi) is 8.29. The van der Waals surface area contributed by atoms with E-state index in [1.165, 1.54) is 12.1 Å². The molecule has 1 unspecified atom stereocenters. The van der Waals surface area contributed by atoms with E-state index < -0.39 is 0 Å². The average Bonchev–Trinajstić information content (AvgIpc) is 3.15. The summed E-state index contributed by atoms with van der Waals surface area (Å²) in [5, 5.41) is 0.796. The van der Waals surface area contributed by atoms with Crippen LogP contribution in [0.5, 0.6) is 0 Å². The van der Waals surface area contributed by atoms with E-state index in [9.17, 15) is 9.18 Å². The summed E-state index contributed by atoms with van der Waals surface area (Å²) in [5.41, 5.74) is 1.37. The number of carbonyl (C=O) groups is 1. The molecule has 0 fully saturated rings. The second-order valence-electron chi connectivity index (χ2n) is 5.87. The van der Waals surface area contributed by atoms with Crippen LogP contribution in [0.15, 0.2) is 55.1 Å². The lowest BCUT2D eigenvalue weighted by atomic mass is 10.1. The lowest BCUT2D eigenvalue weighted by molar-refractivity contribution is 0.273. The van der Waals surface area contributed by atoms with Crippen molar-refractivity contribution in [2.75, 3.05) is 0 Å². The van der Waals surface area contributed by atoms with Gasteiger partial charge in [-0.05, 0) is 29.8 Å². The van der Waals surface area contributed by atoms with Crippen LogP contribution in [0.4, 0.5) is 9.18 Å². The molecule has 0 aliphatic carbocycles. The Hall–Kier alpha value is -1.22. The summed E-state index contributed by atoms with van der Waals surface area (Å²) in [7, 11) is 0. The molecular weight excluding hydrogens is 478 g/mol. The molecule has 2 aromatic carbocycles. The van der Waals surface area contributed by atoms with Gasteiger partial charge in [-0.1, -0.05) is 58.7 Å². The van der Waals surface area contributed by atoms with Gasteiger partial charge < -0.3 is 8.75 Å². The number of imidazole rings is 1. The smallest absolute Gasteiger partial charge is 0.273 e. The molecule has 0 bridgehead atoms. The molecule has 1 atom stereocenters. The molecule has 1 aromatic heterocycles. The van der Waals surface area contributed by atoms with Crippen LogP contribution in [-0.2, 0) is 17.3 Å². The minimum absolute atomic E-state index is 0.173. The first-order chi connectivity index (χ1) is 13.9. The van der Waals surface area contributed by atoms with Gasteiger partial charge in [0, 0.05) is 39.6 Å².